The Labute approximate surface area is 66.1 Å². The zero-order valence-electron chi connectivity index (χ0n) is 5.83. The first-order valence-corrected chi connectivity index (χ1v) is 2.62. The van der Waals surface area contributed by atoms with Crippen LogP contribution in [0.5, 0.6) is 0 Å². The van der Waals surface area contributed by atoms with Crippen LogP contribution in [0, 0.1) is 0 Å². The van der Waals surface area contributed by atoms with E-state index >= 15 is 0 Å². The molecule has 4 nitrogen and oxygen atoms in total. The van der Waals surface area contributed by atoms with Crippen LogP contribution in [0.2, 0.25) is 0 Å². The number of ether oxygens (including phenoxy) is 2. The minimum absolute atomic E-state index is 0. The van der Waals surface area contributed by atoms with Gasteiger partial charge in [-0.1, -0.05) is 0 Å². The van der Waals surface area contributed by atoms with E-state index in [1.54, 1.807) is 7.11 Å². The highest BCUT2D eigenvalue weighted by atomic mass is 35.5. The lowest BCUT2D eigenvalue weighted by molar-refractivity contribution is -0.122. The van der Waals surface area contributed by atoms with Gasteiger partial charge in [0.1, 0.15) is 6.61 Å². The quantitative estimate of drug-likeness (QED) is 0.568. The largest absolute Gasteiger partial charge is 0.382 e. The summed E-state index contributed by atoms with van der Waals surface area (Å²) in [5, 5.41) is 0. The molecule has 0 saturated carbocycles. The first-order valence-electron chi connectivity index (χ1n) is 2.62. The number of primary amides is 1. The van der Waals surface area contributed by atoms with Crippen LogP contribution in [0.3, 0.4) is 0 Å². The summed E-state index contributed by atoms with van der Waals surface area (Å²) >= 11 is 0. The van der Waals surface area contributed by atoms with Crippen LogP contribution < -0.4 is 5.73 Å². The van der Waals surface area contributed by atoms with Crippen LogP contribution in [-0.4, -0.2) is 32.8 Å². The van der Waals surface area contributed by atoms with Gasteiger partial charge in [-0.15, -0.1) is 12.4 Å². The van der Waals surface area contributed by atoms with Crippen LogP contribution >= 0.6 is 12.4 Å². The van der Waals surface area contributed by atoms with E-state index in [1.807, 2.05) is 0 Å². The minimum Gasteiger partial charge on any atom is -0.382 e. The number of nitrogens with two attached hydrogens (primary N) is 1. The van der Waals surface area contributed by atoms with Crippen LogP contribution in [0.15, 0.2) is 0 Å². The Hall–Kier alpha value is -0.320. The van der Waals surface area contributed by atoms with Gasteiger partial charge in [0, 0.05) is 7.11 Å². The predicted molar refractivity (Wildman–Crippen MR) is 39.1 cm³/mol. The normalized spacial score (nSPS) is 8.50. The third kappa shape index (κ3) is 10.6. The van der Waals surface area contributed by atoms with E-state index in [0.29, 0.717) is 13.2 Å². The summed E-state index contributed by atoms with van der Waals surface area (Å²) in [5.41, 5.74) is 4.77. The van der Waals surface area contributed by atoms with Gasteiger partial charge in [-0.3, -0.25) is 4.79 Å². The molecule has 0 aliphatic heterocycles. The number of carbonyl (C=O) groups is 1. The summed E-state index contributed by atoms with van der Waals surface area (Å²) in [6.07, 6.45) is 0. The third-order valence-corrected chi connectivity index (χ3v) is 0.676. The van der Waals surface area contributed by atoms with Gasteiger partial charge in [0.05, 0.1) is 13.2 Å². The van der Waals surface area contributed by atoms with Crippen molar-refractivity contribution in [3.8, 4) is 0 Å². The summed E-state index contributed by atoms with van der Waals surface area (Å²) in [6.45, 7) is 0.885. The highest BCUT2D eigenvalue weighted by Crippen LogP contribution is 1.73. The fourth-order valence-corrected chi connectivity index (χ4v) is 0.315. The van der Waals surface area contributed by atoms with Crippen molar-refractivity contribution in [3.05, 3.63) is 0 Å². The molecule has 0 atom stereocenters. The van der Waals surface area contributed by atoms with Crippen molar-refractivity contribution in [1.82, 2.24) is 0 Å². The Morgan fingerprint density at radius 1 is 1.50 bits per heavy atom. The van der Waals surface area contributed by atoms with Crippen molar-refractivity contribution in [2.45, 2.75) is 0 Å². The predicted octanol–water partition coefficient (Wildman–Crippen LogP) is -0.444. The maximum Gasteiger partial charge on any atom is 0.243 e. The average Bonchev–Trinajstić information content (AvgIpc) is 1.80. The molecule has 0 aliphatic carbocycles. The summed E-state index contributed by atoms with van der Waals surface area (Å²) < 4.78 is 9.38. The van der Waals surface area contributed by atoms with Gasteiger partial charge in [0.2, 0.25) is 5.91 Å². The average molecular weight is 170 g/mol. The zero-order chi connectivity index (χ0) is 7.11. The van der Waals surface area contributed by atoms with Gasteiger partial charge in [-0.2, -0.15) is 0 Å². The Kier molecular flexibility index (Phi) is 10.7. The van der Waals surface area contributed by atoms with E-state index in [0.717, 1.165) is 0 Å². The summed E-state index contributed by atoms with van der Waals surface area (Å²) in [5.74, 6) is -0.453. The number of hydrogen-bond acceptors (Lipinski definition) is 3. The molecule has 0 saturated heterocycles. The first-order chi connectivity index (χ1) is 4.27. The molecule has 0 radical (unpaired) electrons. The molecule has 0 unspecified atom stereocenters. The molecule has 0 spiro atoms. The fourth-order valence-electron chi connectivity index (χ4n) is 0.315. The zero-order valence-corrected chi connectivity index (χ0v) is 6.65. The van der Waals surface area contributed by atoms with E-state index in [1.165, 1.54) is 0 Å². The van der Waals surface area contributed by atoms with Gasteiger partial charge in [-0.25, -0.2) is 0 Å². The van der Waals surface area contributed by atoms with Crippen molar-refractivity contribution in [3.63, 3.8) is 0 Å². The molecule has 0 fully saturated rings. The van der Waals surface area contributed by atoms with Crippen molar-refractivity contribution in [2.24, 2.45) is 5.73 Å². The molecule has 0 aromatic rings. The van der Waals surface area contributed by atoms with Gasteiger partial charge in [-0.05, 0) is 0 Å². The molecular formula is C5H12ClNO3. The number of hydrogen-bond donors (Lipinski definition) is 1. The maximum absolute atomic E-state index is 10.0. The number of amides is 1. The molecule has 0 rings (SSSR count). The molecule has 0 aromatic carbocycles. The van der Waals surface area contributed by atoms with Crippen LogP contribution in [0.4, 0.5) is 0 Å². The van der Waals surface area contributed by atoms with Crippen LogP contribution in [0.1, 0.15) is 0 Å². The van der Waals surface area contributed by atoms with E-state index in [9.17, 15) is 4.79 Å². The number of methoxy groups -OCH3 is 1. The van der Waals surface area contributed by atoms with Crippen molar-refractivity contribution in [2.75, 3.05) is 26.9 Å². The smallest absolute Gasteiger partial charge is 0.243 e. The summed E-state index contributed by atoms with van der Waals surface area (Å²) in [7, 11) is 1.56. The third-order valence-electron chi connectivity index (χ3n) is 0.676. The van der Waals surface area contributed by atoms with Gasteiger partial charge in [0.25, 0.3) is 0 Å². The van der Waals surface area contributed by atoms with E-state index in [2.05, 4.69) is 4.74 Å². The highest BCUT2D eigenvalue weighted by Gasteiger charge is 1.91. The summed E-state index contributed by atoms with van der Waals surface area (Å²) in [6, 6.07) is 0. The molecule has 2 N–H and O–H groups in total. The van der Waals surface area contributed by atoms with Crippen molar-refractivity contribution in [1.29, 1.82) is 0 Å². The lowest BCUT2D eigenvalue weighted by atomic mass is 10.7. The molecular weight excluding hydrogens is 158 g/mol. The molecule has 0 aromatic heterocycles. The second-order valence-electron chi connectivity index (χ2n) is 1.51. The summed E-state index contributed by atoms with van der Waals surface area (Å²) in [4.78, 5) is 10.0. The number of rotatable bonds is 5. The first kappa shape index (κ1) is 12.4. The SMILES string of the molecule is COCCOCC(N)=O.Cl. The fraction of sp³-hybridized carbons (Fsp3) is 0.800. The van der Waals surface area contributed by atoms with Gasteiger partial charge < -0.3 is 15.2 Å². The van der Waals surface area contributed by atoms with Gasteiger partial charge >= 0.3 is 0 Å². The molecule has 0 bridgehead atoms. The van der Waals surface area contributed by atoms with Crippen molar-refractivity contribution < 1.29 is 14.3 Å². The van der Waals surface area contributed by atoms with E-state index < -0.39 is 5.91 Å². The Morgan fingerprint density at radius 3 is 2.50 bits per heavy atom. The second-order valence-corrected chi connectivity index (χ2v) is 1.51. The maximum atomic E-state index is 10.0. The van der Waals surface area contributed by atoms with Crippen LogP contribution in [0.25, 0.3) is 0 Å². The topological polar surface area (TPSA) is 61.6 Å². The van der Waals surface area contributed by atoms with Crippen molar-refractivity contribution >= 4 is 18.3 Å². The number of carbonyl (C=O) groups excluding carboxylic acids is 1. The van der Waals surface area contributed by atoms with E-state index in [4.69, 9.17) is 10.5 Å². The Bertz CT molecular complexity index is 89.0. The molecule has 5 heteroatoms. The lowest BCUT2D eigenvalue weighted by Crippen LogP contribution is -2.19. The minimum atomic E-state index is -0.453. The molecule has 1 amide bonds. The van der Waals surface area contributed by atoms with Gasteiger partial charge in [0.15, 0.2) is 0 Å². The van der Waals surface area contributed by atoms with E-state index in [-0.39, 0.29) is 19.0 Å². The lowest BCUT2D eigenvalue weighted by Gasteiger charge is -1.98. The molecule has 62 valence electrons. The monoisotopic (exact) mass is 169 g/mol. The number of halogens is 1. The highest BCUT2D eigenvalue weighted by molar-refractivity contribution is 5.85. The standard InChI is InChI=1S/C5H11NO3.ClH/c1-8-2-3-9-4-5(6)7;/h2-4H2,1H3,(H2,6,7);1H. The van der Waals surface area contributed by atoms with Crippen LogP contribution in [-0.2, 0) is 14.3 Å². The molecule has 0 heterocycles. The Balaban J connectivity index is 0. The molecule has 10 heavy (non-hydrogen) atoms. The second kappa shape index (κ2) is 8.68. The Morgan fingerprint density at radius 2 is 2.10 bits per heavy atom. The molecule has 0 aliphatic rings.